The quantitative estimate of drug-likeness (QED) is 0.674. The predicted molar refractivity (Wildman–Crippen MR) is 105 cm³/mol. The van der Waals surface area contributed by atoms with Crippen molar-refractivity contribution in [3.05, 3.63) is 60.0 Å². The van der Waals surface area contributed by atoms with Crippen molar-refractivity contribution in [1.29, 1.82) is 0 Å². The van der Waals surface area contributed by atoms with Gasteiger partial charge in [-0.3, -0.25) is 9.59 Å². The highest BCUT2D eigenvalue weighted by Crippen LogP contribution is 2.52. The zero-order valence-electron chi connectivity index (χ0n) is 16.9. The molecule has 30 heavy (non-hydrogen) atoms. The third-order valence-electron chi connectivity index (χ3n) is 6.23. The van der Waals surface area contributed by atoms with Gasteiger partial charge in [0.15, 0.2) is 5.76 Å². The van der Waals surface area contributed by atoms with Gasteiger partial charge in [-0.15, -0.1) is 0 Å². The van der Waals surface area contributed by atoms with Gasteiger partial charge in [-0.05, 0) is 17.7 Å². The lowest BCUT2D eigenvalue weighted by molar-refractivity contribution is -0.143. The number of likely N-dealkylation sites (tertiary alicyclic amines) is 1. The Balaban J connectivity index is 1.36. The van der Waals surface area contributed by atoms with Crippen LogP contribution < -0.4 is 4.74 Å². The predicted octanol–water partition coefficient (Wildman–Crippen LogP) is 1.62. The van der Waals surface area contributed by atoms with E-state index in [0.29, 0.717) is 25.4 Å². The van der Waals surface area contributed by atoms with E-state index >= 15 is 0 Å². The summed E-state index contributed by atoms with van der Waals surface area (Å²) in [4.78, 5) is 30.0. The largest absolute Gasteiger partial charge is 0.497 e. The van der Waals surface area contributed by atoms with Gasteiger partial charge in [-0.1, -0.05) is 29.4 Å². The second kappa shape index (κ2) is 6.98. The summed E-state index contributed by atoms with van der Waals surface area (Å²) in [6.45, 7) is 1.19. The van der Waals surface area contributed by atoms with Gasteiger partial charge in [0.2, 0.25) is 11.8 Å². The Labute approximate surface area is 174 Å². The van der Waals surface area contributed by atoms with Crippen LogP contribution in [0.1, 0.15) is 11.3 Å². The van der Waals surface area contributed by atoms with Crippen molar-refractivity contribution in [1.82, 2.24) is 15.0 Å². The topological polar surface area (TPSA) is 85.1 Å². The lowest BCUT2D eigenvalue weighted by atomic mass is 9.76. The van der Waals surface area contributed by atoms with Gasteiger partial charge in [0, 0.05) is 19.7 Å². The first kappa shape index (κ1) is 18.9. The van der Waals surface area contributed by atoms with Crippen molar-refractivity contribution in [3.8, 4) is 5.75 Å². The molecule has 0 radical (unpaired) electrons. The van der Waals surface area contributed by atoms with Gasteiger partial charge in [-0.2, -0.15) is 0 Å². The SMILES string of the molecule is COc1cccc(CN2C[C@]34C=C[C@H](O3)[C@H](C(=O)N(C)Cc3ccno3)[C@H]4C2=O)c1. The molecule has 2 saturated heterocycles. The zero-order chi connectivity index (χ0) is 20.9. The first-order valence-corrected chi connectivity index (χ1v) is 9.94. The highest BCUT2D eigenvalue weighted by molar-refractivity contribution is 5.93. The number of benzene rings is 1. The standard InChI is InChI=1S/C22H23N3O5/c1-24(12-16-7-9-23-30-16)20(26)18-17-6-8-22(29-17)13-25(21(27)19(18)22)11-14-4-3-5-15(10-14)28-2/h3-10,17-19H,11-13H2,1-2H3/t17-,18-,19-,22-/m0/s1. The van der Waals surface area contributed by atoms with Gasteiger partial charge >= 0.3 is 0 Å². The first-order valence-electron chi connectivity index (χ1n) is 9.94. The molecule has 1 aromatic heterocycles. The van der Waals surface area contributed by atoms with Crippen LogP contribution in [0.25, 0.3) is 0 Å². The van der Waals surface area contributed by atoms with Crippen molar-refractivity contribution in [2.75, 3.05) is 20.7 Å². The van der Waals surface area contributed by atoms with Crippen LogP contribution in [0.5, 0.6) is 5.75 Å². The number of methoxy groups -OCH3 is 1. The minimum absolute atomic E-state index is 0.0453. The second-order valence-electron chi connectivity index (χ2n) is 8.12. The lowest BCUT2D eigenvalue weighted by Gasteiger charge is -2.27. The average molecular weight is 409 g/mol. The van der Waals surface area contributed by atoms with Crippen molar-refractivity contribution < 1.29 is 23.6 Å². The van der Waals surface area contributed by atoms with Crippen LogP contribution >= 0.6 is 0 Å². The molecule has 0 unspecified atom stereocenters. The number of nitrogens with zero attached hydrogens (tertiary/aromatic N) is 3. The van der Waals surface area contributed by atoms with Crippen LogP contribution in [-0.4, -0.2) is 59.2 Å². The fourth-order valence-electron chi connectivity index (χ4n) is 4.88. The highest BCUT2D eigenvalue weighted by atomic mass is 16.5. The molecular formula is C22H23N3O5. The summed E-state index contributed by atoms with van der Waals surface area (Å²) in [6.07, 6.45) is 5.06. The van der Waals surface area contributed by atoms with Gasteiger partial charge in [0.05, 0.1) is 44.3 Å². The summed E-state index contributed by atoms with van der Waals surface area (Å²) >= 11 is 0. The molecule has 8 nitrogen and oxygen atoms in total. The maximum absolute atomic E-state index is 13.4. The van der Waals surface area contributed by atoms with E-state index in [0.717, 1.165) is 11.3 Å². The van der Waals surface area contributed by atoms with Crippen molar-refractivity contribution in [2.24, 2.45) is 11.8 Å². The summed E-state index contributed by atoms with van der Waals surface area (Å²) in [5.74, 6) is 0.128. The lowest BCUT2D eigenvalue weighted by Crippen LogP contribution is -2.44. The molecule has 1 spiro atoms. The molecular weight excluding hydrogens is 386 g/mol. The average Bonchev–Trinajstić information content (AvgIpc) is 3.51. The van der Waals surface area contributed by atoms with Gasteiger partial charge < -0.3 is 23.8 Å². The third-order valence-corrected chi connectivity index (χ3v) is 6.23. The smallest absolute Gasteiger partial charge is 0.230 e. The normalized spacial score (nSPS) is 28.8. The fraction of sp³-hybridized carbons (Fsp3) is 0.409. The first-order chi connectivity index (χ1) is 14.5. The van der Waals surface area contributed by atoms with E-state index in [1.54, 1.807) is 36.2 Å². The number of rotatable bonds is 6. The van der Waals surface area contributed by atoms with Crippen molar-refractivity contribution in [3.63, 3.8) is 0 Å². The molecule has 1 aromatic carbocycles. The number of fused-ring (bicyclic) bond motifs is 1. The zero-order valence-corrected chi connectivity index (χ0v) is 16.9. The van der Waals surface area contributed by atoms with E-state index in [-0.39, 0.29) is 17.9 Å². The molecule has 8 heteroatoms. The van der Waals surface area contributed by atoms with Crippen LogP contribution in [0.15, 0.2) is 53.2 Å². The van der Waals surface area contributed by atoms with E-state index in [9.17, 15) is 9.59 Å². The van der Waals surface area contributed by atoms with Crippen LogP contribution in [0.3, 0.4) is 0 Å². The summed E-state index contributed by atoms with van der Waals surface area (Å²) in [5, 5.41) is 3.68. The summed E-state index contributed by atoms with van der Waals surface area (Å²) in [5.41, 5.74) is 0.247. The Hall–Kier alpha value is -3.13. The highest BCUT2D eigenvalue weighted by Gasteiger charge is 2.67. The van der Waals surface area contributed by atoms with Crippen molar-refractivity contribution in [2.45, 2.75) is 24.8 Å². The number of amides is 2. The Morgan fingerprint density at radius 2 is 2.27 bits per heavy atom. The van der Waals surface area contributed by atoms with Crippen LogP contribution in [0, 0.1) is 11.8 Å². The molecule has 2 amide bonds. The summed E-state index contributed by atoms with van der Waals surface area (Å²) in [6, 6.07) is 9.37. The Morgan fingerprint density at radius 3 is 3.03 bits per heavy atom. The Bertz CT molecular complexity index is 1000. The van der Waals surface area contributed by atoms with Crippen molar-refractivity contribution >= 4 is 11.8 Å². The second-order valence-corrected chi connectivity index (χ2v) is 8.12. The number of ether oxygens (including phenoxy) is 2. The molecule has 2 fully saturated rings. The van der Waals surface area contributed by atoms with E-state index in [1.807, 2.05) is 36.4 Å². The molecule has 2 aromatic rings. The third kappa shape index (κ3) is 2.90. The van der Waals surface area contributed by atoms with E-state index < -0.39 is 17.4 Å². The molecule has 0 aliphatic carbocycles. The Kier molecular flexibility index (Phi) is 4.39. The number of hydrogen-bond acceptors (Lipinski definition) is 6. The summed E-state index contributed by atoms with van der Waals surface area (Å²) < 4.78 is 16.6. The minimum atomic E-state index is -0.728. The molecule has 4 atom stereocenters. The Morgan fingerprint density at radius 1 is 1.40 bits per heavy atom. The summed E-state index contributed by atoms with van der Waals surface area (Å²) in [7, 11) is 3.33. The van der Waals surface area contributed by atoms with Gasteiger partial charge in [-0.25, -0.2) is 0 Å². The molecule has 0 N–H and O–H groups in total. The van der Waals surface area contributed by atoms with Gasteiger partial charge in [0.25, 0.3) is 0 Å². The molecule has 3 aliphatic heterocycles. The molecule has 3 aliphatic rings. The molecule has 2 bridgehead atoms. The molecule has 5 rings (SSSR count). The number of carbonyl (C=O) groups excluding carboxylic acids is 2. The van der Waals surface area contributed by atoms with E-state index in [2.05, 4.69) is 5.16 Å². The number of hydrogen-bond donors (Lipinski definition) is 0. The molecule has 4 heterocycles. The van der Waals surface area contributed by atoms with Crippen LogP contribution in [-0.2, 0) is 27.4 Å². The minimum Gasteiger partial charge on any atom is -0.497 e. The monoisotopic (exact) mass is 409 g/mol. The van der Waals surface area contributed by atoms with E-state index in [4.69, 9.17) is 14.0 Å². The number of carbonyl (C=O) groups is 2. The number of aromatic nitrogens is 1. The van der Waals surface area contributed by atoms with Gasteiger partial charge in [0.1, 0.15) is 11.4 Å². The maximum Gasteiger partial charge on any atom is 0.230 e. The van der Waals surface area contributed by atoms with E-state index in [1.165, 1.54) is 0 Å². The van der Waals surface area contributed by atoms with Crippen LogP contribution in [0.4, 0.5) is 0 Å². The van der Waals surface area contributed by atoms with Crippen LogP contribution in [0.2, 0.25) is 0 Å². The fourth-order valence-corrected chi connectivity index (χ4v) is 4.88. The molecule has 0 saturated carbocycles. The maximum atomic E-state index is 13.4. The molecule has 156 valence electrons.